The molecule has 2 aliphatic rings. The number of carbonyl (C=O) groups excluding carboxylic acids is 3. The maximum atomic E-state index is 13.4. The van der Waals surface area contributed by atoms with Gasteiger partial charge >= 0.3 is 0 Å². The number of carbonyl (C=O) groups is 3. The molecule has 0 radical (unpaired) electrons. The summed E-state index contributed by atoms with van der Waals surface area (Å²) in [5.74, 6) is -0.210. The predicted molar refractivity (Wildman–Crippen MR) is 116 cm³/mol. The molecule has 0 N–H and O–H groups in total. The molecular formula is C24H20N2O3S. The monoisotopic (exact) mass is 416 g/mol. The fraction of sp³-hybridized carbons (Fsp3) is 0.208. The van der Waals surface area contributed by atoms with E-state index in [9.17, 15) is 14.4 Å². The maximum Gasteiger partial charge on any atom is 0.264 e. The Hall–Kier alpha value is -3.25. The maximum absolute atomic E-state index is 13.4. The summed E-state index contributed by atoms with van der Waals surface area (Å²) in [4.78, 5) is 43.2. The van der Waals surface area contributed by atoms with Gasteiger partial charge in [-0.15, -0.1) is 11.3 Å². The van der Waals surface area contributed by atoms with Gasteiger partial charge in [-0.05, 0) is 34.2 Å². The summed E-state index contributed by atoms with van der Waals surface area (Å²) >= 11 is 1.39. The van der Waals surface area contributed by atoms with Crippen molar-refractivity contribution in [1.82, 2.24) is 9.80 Å². The van der Waals surface area contributed by atoms with Gasteiger partial charge in [0, 0.05) is 31.6 Å². The van der Waals surface area contributed by atoms with Crippen LogP contribution in [0.25, 0.3) is 11.1 Å². The van der Waals surface area contributed by atoms with Gasteiger partial charge in [-0.2, -0.15) is 0 Å². The normalized spacial score (nSPS) is 18.6. The standard InChI is InChI=1S/C24H20N2O3S/c27-21-14-18-9-8-17(16-5-2-1-3-6-16)13-19(18)23(28)26-11-10-25(15-20(21)26)24(29)22-7-4-12-30-22/h1-9,12-13,20H,10-11,14-15H2/t20-/m1/s1. The van der Waals surface area contributed by atoms with Crippen molar-refractivity contribution in [3.8, 4) is 11.1 Å². The molecule has 5 rings (SSSR count). The van der Waals surface area contributed by atoms with Crippen LogP contribution in [0.4, 0.5) is 0 Å². The second kappa shape index (κ2) is 7.54. The van der Waals surface area contributed by atoms with Crippen LogP contribution >= 0.6 is 11.3 Å². The van der Waals surface area contributed by atoms with E-state index in [1.807, 2.05) is 60.0 Å². The van der Waals surface area contributed by atoms with Crippen molar-refractivity contribution in [3.63, 3.8) is 0 Å². The summed E-state index contributed by atoms with van der Waals surface area (Å²) in [5, 5.41) is 1.87. The van der Waals surface area contributed by atoms with Crippen molar-refractivity contribution in [3.05, 3.63) is 82.0 Å². The minimum Gasteiger partial charge on any atom is -0.334 e. The zero-order valence-electron chi connectivity index (χ0n) is 16.3. The van der Waals surface area contributed by atoms with Crippen LogP contribution in [-0.4, -0.2) is 53.1 Å². The number of hydrogen-bond acceptors (Lipinski definition) is 4. The van der Waals surface area contributed by atoms with Crippen molar-refractivity contribution in [2.24, 2.45) is 0 Å². The first-order chi connectivity index (χ1) is 14.6. The molecule has 3 heterocycles. The number of benzene rings is 2. The smallest absolute Gasteiger partial charge is 0.264 e. The summed E-state index contributed by atoms with van der Waals surface area (Å²) in [5.41, 5.74) is 3.34. The highest BCUT2D eigenvalue weighted by atomic mass is 32.1. The molecule has 5 nitrogen and oxygen atoms in total. The molecule has 2 aliphatic heterocycles. The lowest BCUT2D eigenvalue weighted by Crippen LogP contribution is -2.58. The van der Waals surface area contributed by atoms with Gasteiger partial charge in [-0.3, -0.25) is 14.4 Å². The molecule has 1 fully saturated rings. The summed E-state index contributed by atoms with van der Waals surface area (Å²) < 4.78 is 0. The van der Waals surface area contributed by atoms with Crippen molar-refractivity contribution < 1.29 is 14.4 Å². The number of rotatable bonds is 2. The van der Waals surface area contributed by atoms with Crippen LogP contribution in [0.3, 0.4) is 0 Å². The fourth-order valence-corrected chi connectivity index (χ4v) is 4.93. The largest absolute Gasteiger partial charge is 0.334 e. The van der Waals surface area contributed by atoms with Crippen molar-refractivity contribution in [1.29, 1.82) is 0 Å². The summed E-state index contributed by atoms with van der Waals surface area (Å²) in [6.07, 6.45) is 0.207. The SMILES string of the molecule is O=C1Cc2ccc(-c3ccccc3)cc2C(=O)N2CCN(C(=O)c3cccs3)C[C@H]12. The van der Waals surface area contributed by atoms with E-state index in [1.54, 1.807) is 15.9 Å². The molecule has 6 heteroatoms. The first-order valence-corrected chi connectivity index (χ1v) is 10.8. The average molecular weight is 417 g/mol. The quantitative estimate of drug-likeness (QED) is 0.642. The Bertz CT molecular complexity index is 1120. The molecule has 30 heavy (non-hydrogen) atoms. The van der Waals surface area contributed by atoms with Crippen molar-refractivity contribution in [2.75, 3.05) is 19.6 Å². The van der Waals surface area contributed by atoms with Gasteiger partial charge in [-0.25, -0.2) is 0 Å². The highest BCUT2D eigenvalue weighted by Crippen LogP contribution is 2.29. The number of amides is 2. The molecule has 0 spiro atoms. The van der Waals surface area contributed by atoms with Gasteiger partial charge in [0.1, 0.15) is 6.04 Å². The van der Waals surface area contributed by atoms with Crippen LogP contribution in [0.1, 0.15) is 25.6 Å². The molecular weight excluding hydrogens is 396 g/mol. The Labute approximate surface area is 178 Å². The molecule has 1 aromatic heterocycles. The van der Waals surface area contributed by atoms with E-state index in [1.165, 1.54) is 11.3 Å². The van der Waals surface area contributed by atoms with Crippen LogP contribution in [0.5, 0.6) is 0 Å². The first kappa shape index (κ1) is 18.8. The van der Waals surface area contributed by atoms with Crippen LogP contribution in [0, 0.1) is 0 Å². The van der Waals surface area contributed by atoms with Crippen LogP contribution in [0.2, 0.25) is 0 Å². The first-order valence-electron chi connectivity index (χ1n) is 9.96. The Morgan fingerprint density at radius 3 is 2.53 bits per heavy atom. The summed E-state index contributed by atoms with van der Waals surface area (Å²) in [6.45, 7) is 1.04. The molecule has 0 bridgehead atoms. The van der Waals surface area contributed by atoms with Gasteiger partial charge in [0.05, 0.1) is 4.88 Å². The van der Waals surface area contributed by atoms with Crippen LogP contribution in [0.15, 0.2) is 66.0 Å². The molecule has 2 amide bonds. The van der Waals surface area contributed by atoms with E-state index in [0.29, 0.717) is 23.5 Å². The number of thiophene rings is 1. The number of hydrogen-bond donors (Lipinski definition) is 0. The second-order valence-electron chi connectivity index (χ2n) is 7.62. The summed E-state index contributed by atoms with van der Waals surface area (Å²) in [7, 11) is 0. The van der Waals surface area contributed by atoms with Gasteiger partial charge < -0.3 is 9.80 Å². The van der Waals surface area contributed by atoms with Crippen molar-refractivity contribution in [2.45, 2.75) is 12.5 Å². The zero-order chi connectivity index (χ0) is 20.7. The fourth-order valence-electron chi connectivity index (χ4n) is 4.24. The van der Waals surface area contributed by atoms with E-state index in [-0.39, 0.29) is 30.6 Å². The van der Waals surface area contributed by atoms with E-state index in [4.69, 9.17) is 0 Å². The minimum absolute atomic E-state index is 0.0155. The lowest BCUT2D eigenvalue weighted by Gasteiger charge is -2.39. The topological polar surface area (TPSA) is 57.7 Å². The molecule has 1 atom stereocenters. The van der Waals surface area contributed by atoms with E-state index < -0.39 is 6.04 Å². The summed E-state index contributed by atoms with van der Waals surface area (Å²) in [6, 6.07) is 18.7. The van der Waals surface area contributed by atoms with Gasteiger partial charge in [0.25, 0.3) is 11.8 Å². The zero-order valence-corrected chi connectivity index (χ0v) is 17.1. The second-order valence-corrected chi connectivity index (χ2v) is 8.57. The third kappa shape index (κ3) is 3.23. The molecule has 0 saturated carbocycles. The highest BCUT2D eigenvalue weighted by Gasteiger charge is 2.40. The third-order valence-corrected chi connectivity index (χ3v) is 6.70. The molecule has 1 saturated heterocycles. The van der Waals surface area contributed by atoms with E-state index in [2.05, 4.69) is 0 Å². The van der Waals surface area contributed by atoms with Crippen LogP contribution in [-0.2, 0) is 11.2 Å². The number of nitrogens with zero attached hydrogens (tertiary/aromatic N) is 2. The van der Waals surface area contributed by atoms with Gasteiger partial charge in [0.2, 0.25) is 0 Å². The Morgan fingerprint density at radius 2 is 1.77 bits per heavy atom. The Morgan fingerprint density at radius 1 is 0.933 bits per heavy atom. The average Bonchev–Trinajstić information content (AvgIpc) is 3.30. The molecule has 3 aromatic rings. The van der Waals surface area contributed by atoms with E-state index in [0.717, 1.165) is 16.7 Å². The Balaban J connectivity index is 1.45. The third-order valence-electron chi connectivity index (χ3n) is 5.84. The Kier molecular flexibility index (Phi) is 4.71. The van der Waals surface area contributed by atoms with Gasteiger partial charge in [-0.1, -0.05) is 48.5 Å². The number of Topliss-reactive ketones (excluding diaryl/α,β-unsaturated/α-hetero) is 1. The van der Waals surface area contributed by atoms with Crippen molar-refractivity contribution >= 4 is 28.9 Å². The van der Waals surface area contributed by atoms with E-state index >= 15 is 0 Å². The molecule has 0 unspecified atom stereocenters. The molecule has 150 valence electrons. The lowest BCUT2D eigenvalue weighted by molar-refractivity contribution is -0.124. The predicted octanol–water partition coefficient (Wildman–Crippen LogP) is 3.51. The number of piperazine rings is 1. The highest BCUT2D eigenvalue weighted by molar-refractivity contribution is 7.12. The minimum atomic E-state index is -0.595. The lowest BCUT2D eigenvalue weighted by atomic mass is 9.96. The number of ketones is 1. The molecule has 0 aliphatic carbocycles. The molecule has 2 aromatic carbocycles. The van der Waals surface area contributed by atoms with Gasteiger partial charge in [0.15, 0.2) is 5.78 Å². The number of fused-ring (bicyclic) bond motifs is 2. The van der Waals surface area contributed by atoms with Crippen LogP contribution < -0.4 is 0 Å².